The summed E-state index contributed by atoms with van der Waals surface area (Å²) in [6.07, 6.45) is 6.27. The Hall–Kier alpha value is -2.08. The molecule has 2 unspecified atom stereocenters. The normalized spacial score (nSPS) is 32.8. The first-order valence-electron chi connectivity index (χ1n) is 10.3. The van der Waals surface area contributed by atoms with E-state index in [1.54, 1.807) is 7.11 Å². The second-order valence-electron chi connectivity index (χ2n) is 9.26. The van der Waals surface area contributed by atoms with Gasteiger partial charge in [-0.2, -0.15) is 0 Å². The third-order valence-electron chi connectivity index (χ3n) is 6.78. The topological polar surface area (TPSA) is 87.7 Å². The summed E-state index contributed by atoms with van der Waals surface area (Å²) >= 11 is 0. The maximum Gasteiger partial charge on any atom is 0.239 e. The van der Waals surface area contributed by atoms with Gasteiger partial charge in [-0.25, -0.2) is 0 Å². The first kappa shape index (κ1) is 19.2. The van der Waals surface area contributed by atoms with E-state index >= 15 is 0 Å². The van der Waals surface area contributed by atoms with Crippen LogP contribution in [0.5, 0.6) is 5.75 Å². The molecule has 5 rings (SSSR count). The van der Waals surface area contributed by atoms with E-state index in [9.17, 15) is 14.7 Å². The number of ether oxygens (including phenoxy) is 1. The molecule has 4 saturated carbocycles. The van der Waals surface area contributed by atoms with Crippen molar-refractivity contribution in [3.05, 3.63) is 29.8 Å². The molecule has 0 heterocycles. The molecule has 4 aliphatic rings. The van der Waals surface area contributed by atoms with Crippen molar-refractivity contribution in [3.63, 3.8) is 0 Å². The molecule has 4 fully saturated rings. The molecule has 0 aliphatic heterocycles. The van der Waals surface area contributed by atoms with Crippen LogP contribution in [-0.2, 0) is 16.1 Å². The van der Waals surface area contributed by atoms with Gasteiger partial charge in [-0.05, 0) is 73.5 Å². The smallest absolute Gasteiger partial charge is 0.239 e. The van der Waals surface area contributed by atoms with Crippen LogP contribution in [0.3, 0.4) is 0 Å². The number of carbonyl (C=O) groups excluding carboxylic acids is 2. The van der Waals surface area contributed by atoms with Gasteiger partial charge in [-0.1, -0.05) is 12.1 Å². The fourth-order valence-electron chi connectivity index (χ4n) is 6.20. The Morgan fingerprint density at radius 3 is 2.36 bits per heavy atom. The van der Waals surface area contributed by atoms with Crippen LogP contribution in [0.4, 0.5) is 0 Å². The Bertz CT molecular complexity index is 731. The quantitative estimate of drug-likeness (QED) is 0.670. The molecule has 6 nitrogen and oxygen atoms in total. The third kappa shape index (κ3) is 4.17. The molecule has 0 spiro atoms. The van der Waals surface area contributed by atoms with Gasteiger partial charge in [0.2, 0.25) is 11.8 Å². The van der Waals surface area contributed by atoms with Crippen molar-refractivity contribution in [2.45, 2.75) is 57.1 Å². The summed E-state index contributed by atoms with van der Waals surface area (Å²) in [5.41, 5.74) is 0.352. The summed E-state index contributed by atoms with van der Waals surface area (Å²) in [5, 5.41) is 16.4. The number of rotatable bonds is 7. The van der Waals surface area contributed by atoms with Crippen LogP contribution in [0.25, 0.3) is 0 Å². The standard InChI is InChI=1S/C22H30N2O4/c1-28-18-4-2-15(3-5-18)12-23-20(26)13-24-19(25)11-21-7-16-6-17(8-21)10-22(27,9-16)14-21/h2-5,16-17,27H,6-14H2,1H3,(H,23,26)(H,24,25). The molecular weight excluding hydrogens is 356 g/mol. The molecule has 2 atom stereocenters. The van der Waals surface area contributed by atoms with Crippen LogP contribution in [0.1, 0.15) is 50.5 Å². The number of hydrogen-bond acceptors (Lipinski definition) is 4. The van der Waals surface area contributed by atoms with Crippen LogP contribution in [0, 0.1) is 17.3 Å². The van der Waals surface area contributed by atoms with E-state index < -0.39 is 5.60 Å². The molecule has 2 amide bonds. The molecular formula is C22H30N2O4. The monoisotopic (exact) mass is 386 g/mol. The summed E-state index contributed by atoms with van der Waals surface area (Å²) in [6.45, 7) is 0.404. The zero-order valence-corrected chi connectivity index (χ0v) is 16.5. The minimum Gasteiger partial charge on any atom is -0.497 e. The predicted molar refractivity (Wildman–Crippen MR) is 105 cm³/mol. The van der Waals surface area contributed by atoms with E-state index in [2.05, 4.69) is 10.6 Å². The minimum atomic E-state index is -0.555. The van der Waals surface area contributed by atoms with Gasteiger partial charge in [0.05, 0.1) is 19.3 Å². The first-order chi connectivity index (χ1) is 13.4. The van der Waals surface area contributed by atoms with E-state index in [4.69, 9.17) is 4.74 Å². The average Bonchev–Trinajstić information content (AvgIpc) is 2.62. The Kier molecular flexibility index (Phi) is 5.08. The lowest BCUT2D eigenvalue weighted by atomic mass is 9.47. The number of aliphatic hydroxyl groups is 1. The van der Waals surface area contributed by atoms with E-state index in [0.29, 0.717) is 24.8 Å². The molecule has 0 aromatic heterocycles. The molecule has 0 radical (unpaired) electrons. The number of hydrogen-bond donors (Lipinski definition) is 3. The predicted octanol–water partition coefficient (Wildman–Crippen LogP) is 2.15. The molecule has 4 bridgehead atoms. The van der Waals surface area contributed by atoms with Crippen molar-refractivity contribution in [2.24, 2.45) is 17.3 Å². The van der Waals surface area contributed by atoms with Crippen molar-refractivity contribution < 1.29 is 19.4 Å². The van der Waals surface area contributed by atoms with Gasteiger partial charge in [0.25, 0.3) is 0 Å². The maximum atomic E-state index is 12.5. The minimum absolute atomic E-state index is 0.0117. The third-order valence-corrected chi connectivity index (χ3v) is 6.78. The van der Waals surface area contributed by atoms with Gasteiger partial charge in [0.1, 0.15) is 5.75 Å². The molecule has 1 aromatic rings. The molecule has 28 heavy (non-hydrogen) atoms. The Labute approximate surface area is 166 Å². The van der Waals surface area contributed by atoms with Crippen LogP contribution >= 0.6 is 0 Å². The lowest BCUT2D eigenvalue weighted by Crippen LogP contribution is -2.56. The van der Waals surface area contributed by atoms with Crippen LogP contribution in [0.2, 0.25) is 0 Å². The van der Waals surface area contributed by atoms with E-state index in [1.807, 2.05) is 24.3 Å². The highest BCUT2D eigenvalue weighted by molar-refractivity contribution is 5.85. The van der Waals surface area contributed by atoms with Crippen molar-refractivity contribution in [1.82, 2.24) is 10.6 Å². The summed E-state index contributed by atoms with van der Waals surface area (Å²) in [6, 6.07) is 7.50. The van der Waals surface area contributed by atoms with Gasteiger partial charge in [-0.3, -0.25) is 9.59 Å². The highest BCUT2D eigenvalue weighted by Gasteiger charge is 2.57. The van der Waals surface area contributed by atoms with Gasteiger partial charge in [-0.15, -0.1) is 0 Å². The molecule has 1 aromatic carbocycles. The lowest BCUT2D eigenvalue weighted by Gasteiger charge is -2.60. The van der Waals surface area contributed by atoms with Crippen LogP contribution < -0.4 is 15.4 Å². The summed E-state index contributed by atoms with van der Waals surface area (Å²) in [5.74, 6) is 1.62. The number of nitrogens with one attached hydrogen (secondary N) is 2. The van der Waals surface area contributed by atoms with Crippen molar-refractivity contribution >= 4 is 11.8 Å². The Morgan fingerprint density at radius 2 is 1.75 bits per heavy atom. The maximum absolute atomic E-state index is 12.5. The average molecular weight is 386 g/mol. The molecule has 152 valence electrons. The zero-order valence-electron chi connectivity index (χ0n) is 16.5. The molecule has 6 heteroatoms. The van der Waals surface area contributed by atoms with Crippen LogP contribution in [0.15, 0.2) is 24.3 Å². The SMILES string of the molecule is COc1ccc(CNC(=O)CNC(=O)CC23CC4CC(CC(O)(C4)C2)C3)cc1. The number of amides is 2. The van der Waals surface area contributed by atoms with Crippen LogP contribution in [-0.4, -0.2) is 36.2 Å². The largest absolute Gasteiger partial charge is 0.497 e. The van der Waals surface area contributed by atoms with Gasteiger partial charge in [0, 0.05) is 13.0 Å². The lowest BCUT2D eigenvalue weighted by molar-refractivity contribution is -0.169. The number of carbonyl (C=O) groups is 2. The van der Waals surface area contributed by atoms with E-state index in [1.165, 1.54) is 6.42 Å². The second-order valence-corrected chi connectivity index (χ2v) is 9.26. The van der Waals surface area contributed by atoms with Gasteiger partial charge >= 0.3 is 0 Å². The molecule has 4 aliphatic carbocycles. The van der Waals surface area contributed by atoms with Crippen molar-refractivity contribution in [1.29, 1.82) is 0 Å². The fourth-order valence-corrected chi connectivity index (χ4v) is 6.20. The van der Waals surface area contributed by atoms with Gasteiger partial charge < -0.3 is 20.5 Å². The second kappa shape index (κ2) is 7.39. The highest BCUT2D eigenvalue weighted by atomic mass is 16.5. The van der Waals surface area contributed by atoms with Gasteiger partial charge in [0.15, 0.2) is 0 Å². The summed E-state index contributed by atoms with van der Waals surface area (Å²) < 4.78 is 5.12. The number of benzene rings is 1. The molecule has 0 saturated heterocycles. The fraction of sp³-hybridized carbons (Fsp3) is 0.636. The van der Waals surface area contributed by atoms with Crippen molar-refractivity contribution in [2.75, 3.05) is 13.7 Å². The molecule has 3 N–H and O–H groups in total. The number of methoxy groups -OCH3 is 1. The summed E-state index contributed by atoms with van der Waals surface area (Å²) in [7, 11) is 1.61. The Balaban J connectivity index is 1.22. The van der Waals surface area contributed by atoms with E-state index in [0.717, 1.165) is 43.4 Å². The van der Waals surface area contributed by atoms with E-state index in [-0.39, 0.29) is 23.8 Å². The summed E-state index contributed by atoms with van der Waals surface area (Å²) in [4.78, 5) is 24.6. The Morgan fingerprint density at radius 1 is 1.07 bits per heavy atom. The first-order valence-corrected chi connectivity index (χ1v) is 10.3. The van der Waals surface area contributed by atoms with Crippen molar-refractivity contribution in [3.8, 4) is 5.75 Å². The zero-order chi connectivity index (χ0) is 19.8. The highest BCUT2D eigenvalue weighted by Crippen LogP contribution is 2.62.